The molecular formula is C17H18F2N4O. The highest BCUT2D eigenvalue weighted by Crippen LogP contribution is 2.17. The van der Waals surface area contributed by atoms with Gasteiger partial charge in [-0.2, -0.15) is 0 Å². The van der Waals surface area contributed by atoms with Crippen LogP contribution in [0.3, 0.4) is 0 Å². The molecule has 3 rings (SSSR count). The van der Waals surface area contributed by atoms with E-state index >= 15 is 0 Å². The van der Waals surface area contributed by atoms with Gasteiger partial charge < -0.3 is 10.2 Å². The second kappa shape index (κ2) is 7.33. The first-order valence-corrected chi connectivity index (χ1v) is 7.97. The lowest BCUT2D eigenvalue weighted by Gasteiger charge is -2.19. The standard InChI is InChI=1S/C17H18F2N4O/c18-14-6-5-13(9-15(14)19)22-17-20-10-12(11-21-17)16(24)23-7-3-1-2-4-8-23/h5-6,9-11H,1-4,7-8H2,(H,20,21,22). The van der Waals surface area contributed by atoms with Gasteiger partial charge in [-0.1, -0.05) is 12.8 Å². The third kappa shape index (κ3) is 3.84. The monoisotopic (exact) mass is 332 g/mol. The Bertz CT molecular complexity index is 713. The van der Waals surface area contributed by atoms with Crippen LogP contribution in [0.5, 0.6) is 0 Å². The van der Waals surface area contributed by atoms with Crippen molar-refractivity contribution in [3.8, 4) is 0 Å². The Balaban J connectivity index is 1.68. The van der Waals surface area contributed by atoms with E-state index < -0.39 is 11.6 Å². The van der Waals surface area contributed by atoms with E-state index in [0.29, 0.717) is 11.3 Å². The van der Waals surface area contributed by atoms with Gasteiger partial charge in [0.1, 0.15) is 0 Å². The Kier molecular flexibility index (Phi) is 4.98. The van der Waals surface area contributed by atoms with Crippen molar-refractivity contribution >= 4 is 17.5 Å². The Morgan fingerprint density at radius 3 is 2.29 bits per heavy atom. The van der Waals surface area contributed by atoms with E-state index in [4.69, 9.17) is 0 Å². The highest BCUT2D eigenvalue weighted by Gasteiger charge is 2.18. The van der Waals surface area contributed by atoms with Crippen molar-refractivity contribution in [1.29, 1.82) is 0 Å². The number of carbonyl (C=O) groups is 1. The topological polar surface area (TPSA) is 58.1 Å². The summed E-state index contributed by atoms with van der Waals surface area (Å²) >= 11 is 0. The summed E-state index contributed by atoms with van der Waals surface area (Å²) in [6.07, 6.45) is 7.23. The largest absolute Gasteiger partial charge is 0.339 e. The van der Waals surface area contributed by atoms with E-state index in [1.165, 1.54) is 18.5 Å². The van der Waals surface area contributed by atoms with Crippen LogP contribution in [-0.2, 0) is 0 Å². The maximum absolute atomic E-state index is 13.2. The normalized spacial score (nSPS) is 15.0. The van der Waals surface area contributed by atoms with Crippen LogP contribution in [0.15, 0.2) is 30.6 Å². The third-order valence-electron chi connectivity index (χ3n) is 3.97. The summed E-state index contributed by atoms with van der Waals surface area (Å²) in [5.74, 6) is -1.72. The summed E-state index contributed by atoms with van der Waals surface area (Å²) < 4.78 is 26.1. The van der Waals surface area contributed by atoms with Gasteiger partial charge in [0.25, 0.3) is 5.91 Å². The molecule has 1 aliphatic rings. The second-order valence-corrected chi connectivity index (χ2v) is 5.76. The lowest BCUT2D eigenvalue weighted by Crippen LogP contribution is -2.32. The number of rotatable bonds is 3. The van der Waals surface area contributed by atoms with Crippen molar-refractivity contribution in [2.75, 3.05) is 18.4 Å². The molecule has 0 radical (unpaired) electrons. The fraction of sp³-hybridized carbons (Fsp3) is 0.353. The number of halogens is 2. The van der Waals surface area contributed by atoms with Gasteiger partial charge in [0.05, 0.1) is 5.56 Å². The second-order valence-electron chi connectivity index (χ2n) is 5.76. The van der Waals surface area contributed by atoms with E-state index in [1.54, 1.807) is 0 Å². The van der Waals surface area contributed by atoms with Crippen molar-refractivity contribution in [2.24, 2.45) is 0 Å². The predicted octanol–water partition coefficient (Wildman–Crippen LogP) is 3.51. The molecule has 7 heteroatoms. The number of hydrogen-bond donors (Lipinski definition) is 1. The van der Waals surface area contributed by atoms with Gasteiger partial charge >= 0.3 is 0 Å². The number of nitrogens with zero attached hydrogens (tertiary/aromatic N) is 3. The molecule has 1 aromatic carbocycles. The van der Waals surface area contributed by atoms with Gasteiger partial charge in [0, 0.05) is 37.2 Å². The van der Waals surface area contributed by atoms with Crippen molar-refractivity contribution in [3.05, 3.63) is 47.8 Å². The van der Waals surface area contributed by atoms with Crippen LogP contribution in [0.1, 0.15) is 36.0 Å². The Hall–Kier alpha value is -2.57. The highest BCUT2D eigenvalue weighted by atomic mass is 19.2. The average molecular weight is 332 g/mol. The van der Waals surface area contributed by atoms with E-state index in [2.05, 4.69) is 15.3 Å². The summed E-state index contributed by atoms with van der Waals surface area (Å²) in [6, 6.07) is 3.43. The molecule has 0 bridgehead atoms. The number of benzene rings is 1. The first-order chi connectivity index (χ1) is 11.6. The van der Waals surface area contributed by atoms with Crippen LogP contribution >= 0.6 is 0 Å². The summed E-state index contributed by atoms with van der Waals surface area (Å²) in [4.78, 5) is 22.4. The molecule has 0 unspecified atom stereocenters. The molecule has 0 spiro atoms. The molecule has 0 aliphatic carbocycles. The Morgan fingerprint density at radius 2 is 1.67 bits per heavy atom. The Morgan fingerprint density at radius 1 is 1.00 bits per heavy atom. The smallest absolute Gasteiger partial charge is 0.256 e. The minimum Gasteiger partial charge on any atom is -0.339 e. The summed E-state index contributed by atoms with van der Waals surface area (Å²) in [5, 5.41) is 2.77. The van der Waals surface area contributed by atoms with Crippen LogP contribution in [0.2, 0.25) is 0 Å². The molecule has 1 amide bonds. The lowest BCUT2D eigenvalue weighted by atomic mass is 10.2. The maximum atomic E-state index is 13.2. The molecule has 24 heavy (non-hydrogen) atoms. The SMILES string of the molecule is O=C(c1cnc(Nc2ccc(F)c(F)c2)nc1)N1CCCCCC1. The number of nitrogens with one attached hydrogen (secondary N) is 1. The van der Waals surface area contributed by atoms with Crippen LogP contribution in [0.25, 0.3) is 0 Å². The minimum atomic E-state index is -0.951. The number of carbonyl (C=O) groups excluding carboxylic acids is 1. The van der Waals surface area contributed by atoms with Crippen LogP contribution in [0.4, 0.5) is 20.4 Å². The quantitative estimate of drug-likeness (QED) is 0.934. The molecule has 1 aromatic heterocycles. The van der Waals surface area contributed by atoms with E-state index in [1.807, 2.05) is 4.90 Å². The first-order valence-electron chi connectivity index (χ1n) is 7.97. The highest BCUT2D eigenvalue weighted by molar-refractivity contribution is 5.93. The summed E-state index contributed by atoms with van der Waals surface area (Å²) in [7, 11) is 0. The minimum absolute atomic E-state index is 0.0729. The van der Waals surface area contributed by atoms with Crippen molar-refractivity contribution in [2.45, 2.75) is 25.7 Å². The van der Waals surface area contributed by atoms with Crippen molar-refractivity contribution in [1.82, 2.24) is 14.9 Å². The molecule has 5 nitrogen and oxygen atoms in total. The number of aromatic nitrogens is 2. The van der Waals surface area contributed by atoms with E-state index in [9.17, 15) is 13.6 Å². The van der Waals surface area contributed by atoms with Crippen molar-refractivity contribution < 1.29 is 13.6 Å². The molecule has 1 aliphatic heterocycles. The Labute approximate surface area is 138 Å². The molecule has 2 heterocycles. The third-order valence-corrected chi connectivity index (χ3v) is 3.97. The molecule has 126 valence electrons. The zero-order valence-corrected chi connectivity index (χ0v) is 13.1. The zero-order valence-electron chi connectivity index (χ0n) is 13.1. The van der Waals surface area contributed by atoms with Crippen LogP contribution in [0, 0.1) is 11.6 Å². The van der Waals surface area contributed by atoms with Gasteiger partial charge in [0.15, 0.2) is 11.6 Å². The molecule has 1 N–H and O–H groups in total. The van der Waals surface area contributed by atoms with E-state index in [-0.39, 0.29) is 11.9 Å². The van der Waals surface area contributed by atoms with Gasteiger partial charge in [-0.25, -0.2) is 18.7 Å². The average Bonchev–Trinajstić information content (AvgIpc) is 2.88. The number of amides is 1. The van der Waals surface area contributed by atoms with Gasteiger partial charge in [-0.15, -0.1) is 0 Å². The van der Waals surface area contributed by atoms with Gasteiger partial charge in [-0.3, -0.25) is 4.79 Å². The molecular weight excluding hydrogens is 314 g/mol. The van der Waals surface area contributed by atoms with Crippen LogP contribution in [-0.4, -0.2) is 33.9 Å². The first kappa shape index (κ1) is 16.3. The zero-order chi connectivity index (χ0) is 16.9. The van der Waals surface area contributed by atoms with Crippen molar-refractivity contribution in [3.63, 3.8) is 0 Å². The molecule has 1 fully saturated rings. The molecule has 0 saturated carbocycles. The number of likely N-dealkylation sites (tertiary alicyclic amines) is 1. The number of anilines is 2. The van der Waals surface area contributed by atoms with Gasteiger partial charge in [0.2, 0.25) is 5.95 Å². The summed E-state index contributed by atoms with van der Waals surface area (Å²) in [5.41, 5.74) is 0.758. The lowest BCUT2D eigenvalue weighted by molar-refractivity contribution is 0.0761. The number of hydrogen-bond acceptors (Lipinski definition) is 4. The maximum Gasteiger partial charge on any atom is 0.256 e. The molecule has 1 saturated heterocycles. The molecule has 0 atom stereocenters. The predicted molar refractivity (Wildman–Crippen MR) is 86.0 cm³/mol. The summed E-state index contributed by atoms with van der Waals surface area (Å²) in [6.45, 7) is 1.52. The fourth-order valence-electron chi connectivity index (χ4n) is 2.66. The molecule has 2 aromatic rings. The fourth-order valence-corrected chi connectivity index (χ4v) is 2.66. The van der Waals surface area contributed by atoms with Gasteiger partial charge in [-0.05, 0) is 25.0 Å². The van der Waals surface area contributed by atoms with E-state index in [0.717, 1.165) is 50.9 Å². The van der Waals surface area contributed by atoms with Crippen LogP contribution < -0.4 is 5.32 Å².